The number of piperidine rings is 1. The Hall–Kier alpha value is -0.420. The Morgan fingerprint density at radius 2 is 1.93 bits per heavy atom. The number of nitrogens with one attached hydrogen (secondary N) is 2. The second kappa shape index (κ2) is 17.3. The highest BCUT2D eigenvalue weighted by atomic mass is 127. The monoisotopic (exact) mass is 538 g/mol. The first kappa shape index (κ1) is 26.6. The highest BCUT2D eigenvalue weighted by Gasteiger charge is 2.19. The zero-order valence-corrected chi connectivity index (χ0v) is 21.2. The quantitative estimate of drug-likeness (QED) is 0.174. The summed E-state index contributed by atoms with van der Waals surface area (Å²) in [6.45, 7) is 10.2. The molecule has 0 atom stereocenters. The molecule has 1 aliphatic heterocycles. The minimum absolute atomic E-state index is 0. The van der Waals surface area contributed by atoms with Crippen molar-refractivity contribution in [2.75, 3.05) is 59.7 Å². The van der Waals surface area contributed by atoms with E-state index in [1.807, 2.05) is 18.4 Å². The molecule has 0 radical (unpaired) electrons. The summed E-state index contributed by atoms with van der Waals surface area (Å²) in [7, 11) is 1.82. The number of ether oxygens (including phenoxy) is 2. The van der Waals surface area contributed by atoms with E-state index in [0.29, 0.717) is 19.8 Å². The van der Waals surface area contributed by atoms with E-state index in [1.54, 1.807) is 0 Å². The molecule has 2 N–H and O–H groups in total. The molecule has 1 aromatic rings. The van der Waals surface area contributed by atoms with E-state index < -0.39 is 0 Å². The van der Waals surface area contributed by atoms with Gasteiger partial charge in [0.05, 0.1) is 19.8 Å². The van der Waals surface area contributed by atoms with Crippen molar-refractivity contribution >= 4 is 41.3 Å². The smallest absolute Gasteiger partial charge is 0.191 e. The van der Waals surface area contributed by atoms with E-state index in [0.717, 1.165) is 44.5 Å². The van der Waals surface area contributed by atoms with Crippen LogP contribution in [-0.2, 0) is 16.0 Å². The van der Waals surface area contributed by atoms with Gasteiger partial charge in [0.15, 0.2) is 5.96 Å². The summed E-state index contributed by atoms with van der Waals surface area (Å²) in [5.41, 5.74) is 0. The molecule has 8 heteroatoms. The van der Waals surface area contributed by atoms with Gasteiger partial charge in [-0.05, 0) is 49.7 Å². The molecule has 1 aliphatic rings. The van der Waals surface area contributed by atoms with Gasteiger partial charge in [-0.15, -0.1) is 35.3 Å². The van der Waals surface area contributed by atoms with Crippen molar-refractivity contribution in [3.63, 3.8) is 0 Å². The molecule has 0 saturated carbocycles. The first-order chi connectivity index (χ1) is 13.8. The van der Waals surface area contributed by atoms with Crippen LogP contribution in [0.3, 0.4) is 0 Å². The van der Waals surface area contributed by atoms with Gasteiger partial charge in [-0.1, -0.05) is 19.4 Å². The Kier molecular flexibility index (Phi) is 15.9. The fourth-order valence-electron chi connectivity index (χ4n) is 3.24. The van der Waals surface area contributed by atoms with Crippen LogP contribution in [-0.4, -0.2) is 70.5 Å². The van der Waals surface area contributed by atoms with Crippen LogP contribution in [0.25, 0.3) is 0 Å². The van der Waals surface area contributed by atoms with Gasteiger partial charge < -0.3 is 20.1 Å². The molecule has 1 fully saturated rings. The third kappa shape index (κ3) is 12.1. The number of hydrogen-bond acceptors (Lipinski definition) is 5. The van der Waals surface area contributed by atoms with E-state index in [9.17, 15) is 0 Å². The average molecular weight is 539 g/mol. The summed E-state index contributed by atoms with van der Waals surface area (Å²) in [6, 6.07) is 4.37. The fourth-order valence-corrected chi connectivity index (χ4v) is 3.99. The lowest BCUT2D eigenvalue weighted by Gasteiger charge is -2.32. The lowest BCUT2D eigenvalue weighted by atomic mass is 9.97. The Balaban J connectivity index is 0.00000420. The molecule has 6 nitrogen and oxygen atoms in total. The maximum absolute atomic E-state index is 5.58. The zero-order chi connectivity index (χ0) is 19.9. The summed E-state index contributed by atoms with van der Waals surface area (Å²) >= 11 is 1.86. The highest BCUT2D eigenvalue weighted by molar-refractivity contribution is 14.0. The van der Waals surface area contributed by atoms with E-state index >= 15 is 0 Å². The molecule has 2 heterocycles. The maximum Gasteiger partial charge on any atom is 0.191 e. The molecule has 0 aliphatic carbocycles. The first-order valence-corrected chi connectivity index (χ1v) is 11.5. The van der Waals surface area contributed by atoms with Crippen molar-refractivity contribution in [3.05, 3.63) is 22.4 Å². The second-order valence-corrected chi connectivity index (χ2v) is 8.29. The van der Waals surface area contributed by atoms with Crippen molar-refractivity contribution in [3.8, 4) is 0 Å². The predicted molar refractivity (Wildman–Crippen MR) is 134 cm³/mol. The van der Waals surface area contributed by atoms with Gasteiger partial charge in [0.1, 0.15) is 0 Å². The van der Waals surface area contributed by atoms with Crippen molar-refractivity contribution in [2.24, 2.45) is 10.9 Å². The topological polar surface area (TPSA) is 58.1 Å². The minimum Gasteiger partial charge on any atom is -0.379 e. The average Bonchev–Trinajstić information content (AvgIpc) is 3.23. The molecule has 168 valence electrons. The molecule has 1 saturated heterocycles. The number of guanidine groups is 1. The van der Waals surface area contributed by atoms with Crippen LogP contribution in [0, 0.1) is 5.92 Å². The summed E-state index contributed by atoms with van der Waals surface area (Å²) in [4.78, 5) is 8.35. The third-order valence-electron chi connectivity index (χ3n) is 5.00. The van der Waals surface area contributed by atoms with Gasteiger partial charge in [-0.3, -0.25) is 9.89 Å². The van der Waals surface area contributed by atoms with Gasteiger partial charge in [-0.25, -0.2) is 0 Å². The van der Waals surface area contributed by atoms with E-state index in [4.69, 9.17) is 9.47 Å². The standard InChI is InChI=1S/C21H38N4O2S.HI/c1-3-4-12-26-14-15-27-13-9-23-21(22-2)24-17-19-7-10-25(11-8-19)18-20-6-5-16-28-20;/h5-6,16,19H,3-4,7-15,17-18H2,1-2H3,(H2,22,23,24);1H. The Bertz CT molecular complexity index is 523. The molecule has 29 heavy (non-hydrogen) atoms. The molecule has 0 bridgehead atoms. The normalized spacial score (nSPS) is 15.9. The van der Waals surface area contributed by atoms with Crippen LogP contribution < -0.4 is 10.6 Å². The summed E-state index contributed by atoms with van der Waals surface area (Å²) in [5.74, 6) is 1.58. The first-order valence-electron chi connectivity index (χ1n) is 10.7. The minimum atomic E-state index is 0. The molecule has 0 aromatic carbocycles. The number of nitrogens with zero attached hydrogens (tertiary/aromatic N) is 2. The van der Waals surface area contributed by atoms with E-state index in [2.05, 4.69) is 45.0 Å². The second-order valence-electron chi connectivity index (χ2n) is 7.26. The van der Waals surface area contributed by atoms with E-state index in [1.165, 1.54) is 37.2 Å². The van der Waals surface area contributed by atoms with Crippen molar-refractivity contribution in [2.45, 2.75) is 39.2 Å². The number of hydrogen-bond donors (Lipinski definition) is 2. The molecule has 0 spiro atoms. The Morgan fingerprint density at radius 1 is 1.17 bits per heavy atom. The molecule has 0 amide bonds. The lowest BCUT2D eigenvalue weighted by Crippen LogP contribution is -2.43. The van der Waals surface area contributed by atoms with Crippen LogP contribution in [0.4, 0.5) is 0 Å². The number of likely N-dealkylation sites (tertiary alicyclic amines) is 1. The number of halogens is 1. The van der Waals surface area contributed by atoms with Gasteiger partial charge in [0.25, 0.3) is 0 Å². The van der Waals surface area contributed by atoms with Gasteiger partial charge in [-0.2, -0.15) is 0 Å². The summed E-state index contributed by atoms with van der Waals surface area (Å²) in [5, 5.41) is 8.95. The van der Waals surface area contributed by atoms with Crippen LogP contribution in [0.1, 0.15) is 37.5 Å². The van der Waals surface area contributed by atoms with Gasteiger partial charge in [0.2, 0.25) is 0 Å². The number of aliphatic imine (C=N–C) groups is 1. The SMILES string of the molecule is CCCCOCCOCCNC(=NC)NCC1CCN(Cc2cccs2)CC1.I. The Morgan fingerprint density at radius 3 is 2.59 bits per heavy atom. The predicted octanol–water partition coefficient (Wildman–Crippen LogP) is 3.58. The van der Waals surface area contributed by atoms with Crippen LogP contribution in [0.2, 0.25) is 0 Å². The third-order valence-corrected chi connectivity index (χ3v) is 5.86. The van der Waals surface area contributed by atoms with Gasteiger partial charge >= 0.3 is 0 Å². The number of unbranched alkanes of at least 4 members (excludes halogenated alkanes) is 1. The molecule has 0 unspecified atom stereocenters. The summed E-state index contributed by atoms with van der Waals surface area (Å²) in [6.07, 6.45) is 4.79. The van der Waals surface area contributed by atoms with Crippen LogP contribution in [0.5, 0.6) is 0 Å². The largest absolute Gasteiger partial charge is 0.379 e. The molecule has 1 aromatic heterocycles. The number of thiophene rings is 1. The summed E-state index contributed by atoms with van der Waals surface area (Å²) < 4.78 is 11.1. The number of rotatable bonds is 13. The molecular formula is C21H39IN4O2S. The molecular weight excluding hydrogens is 499 g/mol. The fraction of sp³-hybridized carbons (Fsp3) is 0.762. The van der Waals surface area contributed by atoms with Crippen LogP contribution >= 0.6 is 35.3 Å². The van der Waals surface area contributed by atoms with Gasteiger partial charge in [0, 0.05) is 38.2 Å². The van der Waals surface area contributed by atoms with E-state index in [-0.39, 0.29) is 24.0 Å². The highest BCUT2D eigenvalue weighted by Crippen LogP contribution is 2.20. The Labute approximate surface area is 197 Å². The lowest BCUT2D eigenvalue weighted by molar-refractivity contribution is 0.0487. The van der Waals surface area contributed by atoms with Crippen molar-refractivity contribution in [1.82, 2.24) is 15.5 Å². The molecule has 2 rings (SSSR count). The maximum atomic E-state index is 5.58. The van der Waals surface area contributed by atoms with Crippen molar-refractivity contribution in [1.29, 1.82) is 0 Å². The van der Waals surface area contributed by atoms with Crippen molar-refractivity contribution < 1.29 is 9.47 Å². The zero-order valence-electron chi connectivity index (χ0n) is 18.0. The van der Waals surface area contributed by atoms with Crippen LogP contribution in [0.15, 0.2) is 22.5 Å².